The van der Waals surface area contributed by atoms with E-state index in [-0.39, 0.29) is 29.9 Å². The number of nitrogens with zero attached hydrogens (tertiary/aromatic N) is 1. The molecule has 1 aromatic carbocycles. The minimum absolute atomic E-state index is 0.0135. The molecule has 2 aliphatic heterocycles. The average Bonchev–Trinajstić information content (AvgIpc) is 3.33. The fourth-order valence-corrected chi connectivity index (χ4v) is 6.79. The molecule has 3 atom stereocenters. The minimum Gasteiger partial charge on any atom is -0.342 e. The van der Waals surface area contributed by atoms with Gasteiger partial charge in [-0.15, -0.1) is 11.3 Å². The van der Waals surface area contributed by atoms with E-state index in [1.54, 1.807) is 11.3 Å². The summed E-state index contributed by atoms with van der Waals surface area (Å²) in [5.41, 5.74) is 0. The third-order valence-corrected chi connectivity index (χ3v) is 8.66. The summed E-state index contributed by atoms with van der Waals surface area (Å²) in [6.45, 7) is 1.26. The quantitative estimate of drug-likeness (QED) is 0.728. The van der Waals surface area contributed by atoms with E-state index in [9.17, 15) is 9.59 Å². The monoisotopic (exact) mass is 445 g/mol. The van der Waals surface area contributed by atoms with Crippen molar-refractivity contribution in [2.75, 3.05) is 6.54 Å². The fraction of sp³-hybridized carbons (Fsp3) is 0.565. The average molecular weight is 446 g/mol. The zero-order valence-corrected chi connectivity index (χ0v) is 18.6. The van der Waals surface area contributed by atoms with Crippen LogP contribution in [0.15, 0.2) is 24.3 Å². The molecule has 2 N–H and O–H groups in total. The minimum atomic E-state index is -0.340. The molecule has 1 saturated carbocycles. The molecule has 5 rings (SSSR count). The highest BCUT2D eigenvalue weighted by atomic mass is 35.5. The first kappa shape index (κ1) is 20.3. The van der Waals surface area contributed by atoms with Crippen molar-refractivity contribution in [3.8, 4) is 0 Å². The molecule has 0 unspecified atom stereocenters. The predicted molar refractivity (Wildman–Crippen MR) is 121 cm³/mol. The Balaban J connectivity index is 1.22. The second-order valence-electron chi connectivity index (χ2n) is 8.96. The number of rotatable bonds is 5. The standard InChI is InChI=1S/C23H28ClN3O2S/c24-21-16-8-4-5-9-19(16)30-20(21)12-25-15-11-18-22(28)26-17(23(29)27(18)13-15)10-14-6-2-1-3-7-14/h4-5,8-9,14-15,17-18,25H,1-3,6-7,10-13H2,(H,26,28)/t15-,17-,18-/m0/s1. The number of piperazine rings is 1. The van der Waals surface area contributed by atoms with Crippen LogP contribution in [0.4, 0.5) is 0 Å². The lowest BCUT2D eigenvalue weighted by Crippen LogP contribution is -2.61. The van der Waals surface area contributed by atoms with Gasteiger partial charge < -0.3 is 15.5 Å². The third-order valence-electron chi connectivity index (χ3n) is 6.95. The van der Waals surface area contributed by atoms with Gasteiger partial charge in [-0.3, -0.25) is 9.59 Å². The van der Waals surface area contributed by atoms with Gasteiger partial charge >= 0.3 is 0 Å². The van der Waals surface area contributed by atoms with Gasteiger partial charge in [0.05, 0.1) is 5.02 Å². The van der Waals surface area contributed by atoms with Gasteiger partial charge in [0.15, 0.2) is 0 Å². The maximum Gasteiger partial charge on any atom is 0.245 e. The molecule has 30 heavy (non-hydrogen) atoms. The van der Waals surface area contributed by atoms with Gasteiger partial charge in [-0.1, -0.05) is 61.9 Å². The molecule has 0 bridgehead atoms. The van der Waals surface area contributed by atoms with Crippen LogP contribution in [0.5, 0.6) is 0 Å². The first-order valence-electron chi connectivity index (χ1n) is 11.1. The van der Waals surface area contributed by atoms with Crippen LogP contribution in [0.2, 0.25) is 5.02 Å². The first-order valence-corrected chi connectivity index (χ1v) is 12.3. The molecule has 3 heterocycles. The first-order chi connectivity index (χ1) is 14.6. The summed E-state index contributed by atoms with van der Waals surface area (Å²) < 4.78 is 1.18. The Labute approximate surface area is 186 Å². The van der Waals surface area contributed by atoms with Gasteiger partial charge in [-0.05, 0) is 24.8 Å². The highest BCUT2D eigenvalue weighted by molar-refractivity contribution is 7.19. The molecule has 2 aromatic rings. The van der Waals surface area contributed by atoms with E-state index in [4.69, 9.17) is 11.6 Å². The number of nitrogens with one attached hydrogen (secondary N) is 2. The van der Waals surface area contributed by atoms with E-state index in [2.05, 4.69) is 16.7 Å². The van der Waals surface area contributed by atoms with Gasteiger partial charge in [0.2, 0.25) is 11.8 Å². The van der Waals surface area contributed by atoms with Crippen LogP contribution in [0.3, 0.4) is 0 Å². The molecule has 5 nitrogen and oxygen atoms in total. The van der Waals surface area contributed by atoms with Crippen LogP contribution in [-0.4, -0.2) is 41.4 Å². The van der Waals surface area contributed by atoms with Crippen LogP contribution in [0.25, 0.3) is 10.1 Å². The Morgan fingerprint density at radius 3 is 2.77 bits per heavy atom. The fourth-order valence-electron chi connectivity index (χ4n) is 5.34. The van der Waals surface area contributed by atoms with Gasteiger partial charge in [-0.2, -0.15) is 0 Å². The van der Waals surface area contributed by atoms with Gasteiger partial charge in [0.1, 0.15) is 12.1 Å². The summed E-state index contributed by atoms with van der Waals surface area (Å²) in [6, 6.07) is 7.59. The topological polar surface area (TPSA) is 61.4 Å². The number of thiophene rings is 1. The van der Waals surface area contributed by atoms with E-state index in [1.807, 2.05) is 23.1 Å². The number of hydrogen-bond acceptors (Lipinski definition) is 4. The maximum atomic E-state index is 13.1. The van der Waals surface area contributed by atoms with Crippen molar-refractivity contribution >= 4 is 44.8 Å². The lowest BCUT2D eigenvalue weighted by atomic mass is 9.84. The number of amides is 2. The Kier molecular flexibility index (Phi) is 5.73. The summed E-state index contributed by atoms with van der Waals surface area (Å²) >= 11 is 8.26. The Hall–Kier alpha value is -1.63. The normalized spacial score (nSPS) is 27.5. The highest BCUT2D eigenvalue weighted by Gasteiger charge is 2.46. The van der Waals surface area contributed by atoms with Crippen molar-refractivity contribution in [3.63, 3.8) is 0 Å². The van der Waals surface area contributed by atoms with E-state index < -0.39 is 0 Å². The smallest absolute Gasteiger partial charge is 0.245 e. The lowest BCUT2D eigenvalue weighted by Gasteiger charge is -2.36. The van der Waals surface area contributed by atoms with E-state index in [1.165, 1.54) is 36.8 Å². The van der Waals surface area contributed by atoms with Crippen LogP contribution >= 0.6 is 22.9 Å². The second kappa shape index (κ2) is 8.48. The summed E-state index contributed by atoms with van der Waals surface area (Å²) in [7, 11) is 0. The van der Waals surface area contributed by atoms with Crippen LogP contribution in [0.1, 0.15) is 49.8 Å². The molecule has 1 aliphatic carbocycles. The molecule has 0 radical (unpaired) electrons. The SMILES string of the molecule is O=C1N[C@@H](CC2CCCCC2)C(=O)N2C[C@@H](NCc3sc4ccccc4c3Cl)C[C@@H]12. The van der Waals surface area contributed by atoms with E-state index >= 15 is 0 Å². The molecule has 1 aromatic heterocycles. The molecular formula is C23H28ClN3O2S. The number of fused-ring (bicyclic) bond motifs is 2. The predicted octanol–water partition coefficient (Wildman–Crippen LogP) is 4.08. The van der Waals surface area contributed by atoms with Crippen molar-refractivity contribution in [3.05, 3.63) is 34.2 Å². The van der Waals surface area contributed by atoms with Crippen LogP contribution < -0.4 is 10.6 Å². The van der Waals surface area contributed by atoms with Crippen molar-refractivity contribution in [1.82, 2.24) is 15.5 Å². The van der Waals surface area contributed by atoms with Crippen molar-refractivity contribution in [1.29, 1.82) is 0 Å². The Bertz CT molecular complexity index is 955. The van der Waals surface area contributed by atoms with Crippen molar-refractivity contribution in [2.45, 2.75) is 69.6 Å². The molecule has 3 aliphatic rings. The summed E-state index contributed by atoms with van der Waals surface area (Å²) in [4.78, 5) is 28.7. The largest absolute Gasteiger partial charge is 0.342 e. The maximum absolute atomic E-state index is 13.1. The molecular weight excluding hydrogens is 418 g/mol. The molecule has 2 amide bonds. The molecule has 0 spiro atoms. The number of carbonyl (C=O) groups is 2. The Morgan fingerprint density at radius 1 is 1.17 bits per heavy atom. The number of hydrogen-bond donors (Lipinski definition) is 2. The molecule has 2 saturated heterocycles. The van der Waals surface area contributed by atoms with Crippen molar-refractivity contribution in [2.24, 2.45) is 5.92 Å². The summed E-state index contributed by atoms with van der Waals surface area (Å²) in [5.74, 6) is 0.685. The van der Waals surface area contributed by atoms with Gasteiger partial charge in [0.25, 0.3) is 0 Å². The van der Waals surface area contributed by atoms with Gasteiger partial charge in [-0.25, -0.2) is 0 Å². The van der Waals surface area contributed by atoms with Crippen LogP contribution in [0, 0.1) is 5.92 Å². The number of halogens is 1. The summed E-state index contributed by atoms with van der Waals surface area (Å²) in [6.07, 6.45) is 7.62. The van der Waals surface area contributed by atoms with Crippen molar-refractivity contribution < 1.29 is 9.59 Å². The van der Waals surface area contributed by atoms with E-state index in [0.29, 0.717) is 25.4 Å². The van der Waals surface area contributed by atoms with Gasteiger partial charge in [0, 0.05) is 34.1 Å². The van der Waals surface area contributed by atoms with Crippen LogP contribution in [-0.2, 0) is 16.1 Å². The molecule has 7 heteroatoms. The third kappa shape index (κ3) is 3.85. The zero-order valence-electron chi connectivity index (χ0n) is 17.0. The number of carbonyl (C=O) groups excluding carboxylic acids is 2. The lowest BCUT2D eigenvalue weighted by molar-refractivity contribution is -0.147. The zero-order chi connectivity index (χ0) is 20.7. The number of benzene rings is 1. The Morgan fingerprint density at radius 2 is 1.97 bits per heavy atom. The highest BCUT2D eigenvalue weighted by Crippen LogP contribution is 2.35. The molecule has 160 valence electrons. The van der Waals surface area contributed by atoms with E-state index in [0.717, 1.165) is 21.7 Å². The second-order valence-corrected chi connectivity index (χ2v) is 10.5. The summed E-state index contributed by atoms with van der Waals surface area (Å²) in [5, 5.41) is 8.47. The molecule has 3 fully saturated rings.